The highest BCUT2D eigenvalue weighted by atomic mass is 127. The predicted molar refractivity (Wildman–Crippen MR) is 117 cm³/mol. The zero-order valence-electron chi connectivity index (χ0n) is 13.6. The maximum atomic E-state index is 12.2. The van der Waals surface area contributed by atoms with Gasteiger partial charge in [-0.15, -0.1) is 0 Å². The van der Waals surface area contributed by atoms with Gasteiger partial charge in [0, 0.05) is 14.7 Å². The number of aromatic nitrogens is 2. The topological polar surface area (TPSA) is 90.4 Å². The highest BCUT2D eigenvalue weighted by molar-refractivity contribution is 14.1. The van der Waals surface area contributed by atoms with Crippen molar-refractivity contribution >= 4 is 57.3 Å². The van der Waals surface area contributed by atoms with Crippen molar-refractivity contribution in [3.8, 4) is 17.0 Å². The molecule has 3 aromatic rings. The van der Waals surface area contributed by atoms with Crippen LogP contribution in [0.15, 0.2) is 47.6 Å². The molecule has 0 saturated heterocycles. The first-order valence-electron chi connectivity index (χ1n) is 7.58. The molecule has 0 aliphatic heterocycles. The second kappa shape index (κ2) is 8.16. The number of H-pyrrole nitrogens is 1. The number of aromatic hydroxyl groups is 1. The normalized spacial score (nSPS) is 11.0. The number of nitrogens with one attached hydrogen (secondary N) is 2. The Balaban J connectivity index is 1.70. The number of nitrogens with zero attached hydrogens (tertiary/aromatic N) is 2. The number of hydrogen-bond donors (Lipinski definition) is 3. The number of carbonyl (C=O) groups is 1. The number of halogens is 2. The number of phenolic OH excluding ortho intramolecular Hbond substituents is 1. The maximum Gasteiger partial charge on any atom is 0.289 e. The van der Waals surface area contributed by atoms with Gasteiger partial charge in [-0.1, -0.05) is 29.8 Å². The van der Waals surface area contributed by atoms with Gasteiger partial charge >= 0.3 is 0 Å². The van der Waals surface area contributed by atoms with E-state index in [1.54, 1.807) is 12.1 Å². The third-order valence-electron chi connectivity index (χ3n) is 3.60. The van der Waals surface area contributed by atoms with Gasteiger partial charge in [-0.05, 0) is 70.3 Å². The summed E-state index contributed by atoms with van der Waals surface area (Å²) >= 11 is 4.20. The van der Waals surface area contributed by atoms with E-state index in [1.807, 2.05) is 59.8 Å². The van der Waals surface area contributed by atoms with Crippen LogP contribution >= 0.6 is 45.2 Å². The molecule has 0 unspecified atom stereocenters. The van der Waals surface area contributed by atoms with Gasteiger partial charge in [0.25, 0.3) is 5.91 Å². The number of benzene rings is 2. The van der Waals surface area contributed by atoms with Gasteiger partial charge < -0.3 is 5.11 Å². The zero-order valence-corrected chi connectivity index (χ0v) is 17.9. The van der Waals surface area contributed by atoms with E-state index < -0.39 is 5.91 Å². The molecule has 1 amide bonds. The fourth-order valence-corrected chi connectivity index (χ4v) is 4.10. The van der Waals surface area contributed by atoms with E-state index in [9.17, 15) is 9.90 Å². The Morgan fingerprint density at radius 2 is 1.96 bits per heavy atom. The zero-order chi connectivity index (χ0) is 18.7. The third kappa shape index (κ3) is 4.41. The molecule has 0 bridgehead atoms. The van der Waals surface area contributed by atoms with Crippen molar-refractivity contribution in [1.82, 2.24) is 15.6 Å². The van der Waals surface area contributed by atoms with E-state index in [2.05, 4.69) is 43.3 Å². The van der Waals surface area contributed by atoms with Crippen LogP contribution in [0, 0.1) is 14.1 Å². The molecule has 1 heterocycles. The monoisotopic (exact) mass is 572 g/mol. The Hall–Kier alpha value is -1.95. The maximum absolute atomic E-state index is 12.2. The summed E-state index contributed by atoms with van der Waals surface area (Å²) in [5, 5.41) is 20.8. The smallest absolute Gasteiger partial charge is 0.289 e. The molecule has 0 fully saturated rings. The molecular weight excluding hydrogens is 558 g/mol. The molecule has 2 aromatic carbocycles. The SMILES string of the molecule is Cc1ccc(-c2cc(C(=O)N/N=C/c3cc(I)cc(I)c3O)[nH]n2)cc1. The molecule has 1 aromatic heterocycles. The summed E-state index contributed by atoms with van der Waals surface area (Å²) in [7, 11) is 0. The molecule has 0 saturated carbocycles. The van der Waals surface area contributed by atoms with Crippen LogP contribution in [-0.4, -0.2) is 27.4 Å². The van der Waals surface area contributed by atoms with Gasteiger partial charge in [-0.25, -0.2) is 5.43 Å². The second-order valence-corrected chi connectivity index (χ2v) is 7.97. The van der Waals surface area contributed by atoms with Crippen LogP contribution in [0.2, 0.25) is 0 Å². The molecule has 0 radical (unpaired) electrons. The minimum absolute atomic E-state index is 0.132. The Morgan fingerprint density at radius 1 is 1.23 bits per heavy atom. The quantitative estimate of drug-likeness (QED) is 0.251. The Labute approximate surface area is 177 Å². The van der Waals surface area contributed by atoms with E-state index in [4.69, 9.17) is 0 Å². The van der Waals surface area contributed by atoms with Crippen molar-refractivity contribution < 1.29 is 9.90 Å². The molecule has 0 aliphatic carbocycles. The lowest BCUT2D eigenvalue weighted by Crippen LogP contribution is -2.18. The van der Waals surface area contributed by atoms with Gasteiger partial charge in [-0.2, -0.15) is 10.2 Å². The van der Waals surface area contributed by atoms with Crippen molar-refractivity contribution in [1.29, 1.82) is 0 Å². The Bertz CT molecular complexity index is 981. The first-order chi connectivity index (χ1) is 12.4. The lowest BCUT2D eigenvalue weighted by atomic mass is 10.1. The molecule has 6 nitrogen and oxygen atoms in total. The summed E-state index contributed by atoms with van der Waals surface area (Å²) in [5.74, 6) is -0.279. The second-order valence-electron chi connectivity index (χ2n) is 5.56. The van der Waals surface area contributed by atoms with Gasteiger partial charge in [0.05, 0.1) is 15.5 Å². The fraction of sp³-hybridized carbons (Fsp3) is 0.0556. The highest BCUT2D eigenvalue weighted by Gasteiger charge is 2.11. The van der Waals surface area contributed by atoms with E-state index >= 15 is 0 Å². The minimum atomic E-state index is -0.410. The lowest BCUT2D eigenvalue weighted by Gasteiger charge is -2.02. The molecule has 8 heteroatoms. The minimum Gasteiger partial charge on any atom is -0.506 e. The van der Waals surface area contributed by atoms with Crippen LogP contribution in [-0.2, 0) is 0 Å². The summed E-state index contributed by atoms with van der Waals surface area (Å²) < 4.78 is 1.69. The van der Waals surface area contributed by atoms with Crippen molar-refractivity contribution in [3.05, 3.63) is 66.4 Å². The summed E-state index contributed by atoms with van der Waals surface area (Å²) in [4.78, 5) is 12.2. The predicted octanol–water partition coefficient (Wildman–Crippen LogP) is 4.06. The average Bonchev–Trinajstić information content (AvgIpc) is 3.09. The summed E-state index contributed by atoms with van der Waals surface area (Å²) in [6, 6.07) is 13.2. The number of carbonyl (C=O) groups excluding carboxylic acids is 1. The van der Waals surface area contributed by atoms with Crippen LogP contribution in [0.25, 0.3) is 11.3 Å². The number of amides is 1. The lowest BCUT2D eigenvalue weighted by molar-refractivity contribution is 0.0950. The molecule has 3 N–H and O–H groups in total. The number of hydrogen-bond acceptors (Lipinski definition) is 4. The Kier molecular flexibility index (Phi) is 5.91. The molecular formula is C18H14I2N4O2. The fourth-order valence-electron chi connectivity index (χ4n) is 2.22. The van der Waals surface area contributed by atoms with Crippen molar-refractivity contribution in [2.75, 3.05) is 0 Å². The van der Waals surface area contributed by atoms with Gasteiger partial charge in [0.15, 0.2) is 0 Å². The van der Waals surface area contributed by atoms with Gasteiger partial charge in [0.1, 0.15) is 11.4 Å². The number of aromatic amines is 1. The number of hydrazone groups is 1. The van der Waals surface area contributed by atoms with E-state index in [0.717, 1.165) is 18.3 Å². The van der Waals surface area contributed by atoms with Crippen LogP contribution in [0.1, 0.15) is 21.6 Å². The average molecular weight is 572 g/mol. The largest absolute Gasteiger partial charge is 0.506 e. The number of rotatable bonds is 4. The van der Waals surface area contributed by atoms with Crippen molar-refractivity contribution in [3.63, 3.8) is 0 Å². The highest BCUT2D eigenvalue weighted by Crippen LogP contribution is 2.25. The summed E-state index contributed by atoms with van der Waals surface area (Å²) in [5.41, 5.74) is 6.03. The summed E-state index contributed by atoms with van der Waals surface area (Å²) in [6.45, 7) is 2.01. The molecule has 132 valence electrons. The van der Waals surface area contributed by atoms with Crippen LogP contribution in [0.5, 0.6) is 5.75 Å². The first-order valence-corrected chi connectivity index (χ1v) is 9.73. The van der Waals surface area contributed by atoms with E-state index in [1.165, 1.54) is 6.21 Å². The first kappa shape index (κ1) is 18.8. The van der Waals surface area contributed by atoms with E-state index in [0.29, 0.717) is 17.0 Å². The summed E-state index contributed by atoms with van der Waals surface area (Å²) in [6.07, 6.45) is 1.41. The van der Waals surface area contributed by atoms with Crippen LogP contribution in [0.4, 0.5) is 0 Å². The van der Waals surface area contributed by atoms with Crippen LogP contribution in [0.3, 0.4) is 0 Å². The van der Waals surface area contributed by atoms with Gasteiger partial charge in [0.2, 0.25) is 0 Å². The molecule has 26 heavy (non-hydrogen) atoms. The van der Waals surface area contributed by atoms with Crippen molar-refractivity contribution in [2.45, 2.75) is 6.92 Å². The van der Waals surface area contributed by atoms with Crippen LogP contribution < -0.4 is 5.43 Å². The van der Waals surface area contributed by atoms with Crippen molar-refractivity contribution in [2.24, 2.45) is 5.10 Å². The van der Waals surface area contributed by atoms with Gasteiger partial charge in [-0.3, -0.25) is 9.89 Å². The number of phenols is 1. The molecule has 0 spiro atoms. The molecule has 0 aliphatic rings. The van der Waals surface area contributed by atoms with E-state index in [-0.39, 0.29) is 5.75 Å². The molecule has 3 rings (SSSR count). The third-order valence-corrected chi connectivity index (χ3v) is 5.04. The molecule has 0 atom stereocenters. The standard InChI is InChI=1S/C18H14I2N4O2/c1-10-2-4-11(5-3-10)15-8-16(23-22-15)18(26)24-21-9-12-6-13(19)7-14(20)17(12)25/h2-9,25H,1H3,(H,22,23)(H,24,26)/b21-9+. The Morgan fingerprint density at radius 3 is 2.69 bits per heavy atom. The number of aryl methyl sites for hydroxylation is 1.